The Labute approximate surface area is 251 Å². The second kappa shape index (κ2) is 14.9. The fourth-order valence-corrected chi connectivity index (χ4v) is 4.41. The van der Waals surface area contributed by atoms with Crippen molar-refractivity contribution < 1.29 is 28.5 Å². The fourth-order valence-electron chi connectivity index (χ4n) is 4.41. The predicted molar refractivity (Wildman–Crippen MR) is 167 cm³/mol. The van der Waals surface area contributed by atoms with Gasteiger partial charge in [-0.05, 0) is 35.4 Å². The molecule has 0 bridgehead atoms. The molecule has 0 amide bonds. The van der Waals surface area contributed by atoms with Gasteiger partial charge >= 0.3 is 5.97 Å². The van der Waals surface area contributed by atoms with Gasteiger partial charge in [-0.1, -0.05) is 110 Å². The maximum Gasteiger partial charge on any atom is 0.330 e. The molecule has 0 saturated carbocycles. The third-order valence-corrected chi connectivity index (χ3v) is 6.50. The number of carbonyl (C=O) groups is 1. The van der Waals surface area contributed by atoms with Crippen molar-refractivity contribution >= 4 is 5.97 Å². The largest absolute Gasteiger partial charge is 0.489 e. The van der Waals surface area contributed by atoms with Gasteiger partial charge in [-0.2, -0.15) is 0 Å². The van der Waals surface area contributed by atoms with E-state index in [-0.39, 0.29) is 20.0 Å². The van der Waals surface area contributed by atoms with Gasteiger partial charge in [0, 0.05) is 23.3 Å². The second-order valence-electron chi connectivity index (χ2n) is 9.49. The molecule has 0 heterocycles. The Morgan fingerprint density at radius 3 is 1.70 bits per heavy atom. The zero-order chi connectivity index (χ0) is 29.7. The molecule has 0 aromatic heterocycles. The minimum absolute atomic E-state index is 0.0154. The van der Waals surface area contributed by atoms with Crippen molar-refractivity contribution in [3.05, 3.63) is 146 Å². The van der Waals surface area contributed by atoms with Gasteiger partial charge in [0.1, 0.15) is 36.2 Å². The van der Waals surface area contributed by atoms with E-state index in [0.29, 0.717) is 17.2 Å². The number of esters is 1. The van der Waals surface area contributed by atoms with Crippen molar-refractivity contribution in [1.29, 1.82) is 0 Å². The fraction of sp³-hybridized carbons (Fsp3) is 0.108. The maximum atomic E-state index is 12.1. The quantitative estimate of drug-likeness (QED) is 0.0764. The molecule has 0 spiro atoms. The molecule has 5 aromatic carbocycles. The Morgan fingerprint density at radius 2 is 1.09 bits per heavy atom. The zero-order valence-corrected chi connectivity index (χ0v) is 23.6. The van der Waals surface area contributed by atoms with Gasteiger partial charge in [0.25, 0.3) is 0 Å². The lowest BCUT2D eigenvalue weighted by atomic mass is 10.1. The second-order valence-corrected chi connectivity index (χ2v) is 9.49. The average molecular weight is 573 g/mol. The summed E-state index contributed by atoms with van der Waals surface area (Å²) in [6.45, 7) is 3.68. The summed E-state index contributed by atoms with van der Waals surface area (Å²) < 4.78 is 29.4. The highest BCUT2D eigenvalue weighted by Crippen LogP contribution is 2.31. The predicted octanol–water partition coefficient (Wildman–Crippen LogP) is 7.99. The molecule has 0 N–H and O–H groups in total. The van der Waals surface area contributed by atoms with Crippen LogP contribution < -0.4 is 18.9 Å². The number of rotatable bonds is 14. The Morgan fingerprint density at radius 1 is 0.581 bits per heavy atom. The maximum absolute atomic E-state index is 12.1. The van der Waals surface area contributed by atoms with Crippen molar-refractivity contribution in [3.8, 4) is 45.3 Å². The summed E-state index contributed by atoms with van der Waals surface area (Å²) in [4.78, 5) is 12.1. The normalized spacial score (nSPS) is 11.2. The monoisotopic (exact) mass is 572 g/mol. The van der Waals surface area contributed by atoms with Crippen molar-refractivity contribution in [3.63, 3.8) is 0 Å². The highest BCUT2D eigenvalue weighted by Gasteiger charge is 2.17. The Balaban J connectivity index is 1.19. The first kappa shape index (κ1) is 29.0. The van der Waals surface area contributed by atoms with Crippen LogP contribution in [0.2, 0.25) is 0 Å². The molecule has 6 heteroatoms. The molecule has 1 unspecified atom stereocenters. The van der Waals surface area contributed by atoms with Crippen LogP contribution in [0.1, 0.15) is 0 Å². The topological polar surface area (TPSA) is 63.2 Å². The van der Waals surface area contributed by atoms with Gasteiger partial charge in [-0.25, -0.2) is 4.79 Å². The van der Waals surface area contributed by atoms with E-state index in [0.717, 1.165) is 34.1 Å². The summed E-state index contributed by atoms with van der Waals surface area (Å²) in [6.07, 6.45) is 0.437. The van der Waals surface area contributed by atoms with Crippen LogP contribution in [0.4, 0.5) is 0 Å². The molecule has 216 valence electrons. The van der Waals surface area contributed by atoms with Crippen molar-refractivity contribution in [1.82, 2.24) is 0 Å². The van der Waals surface area contributed by atoms with Gasteiger partial charge in [0.05, 0.1) is 0 Å². The van der Waals surface area contributed by atoms with Gasteiger partial charge < -0.3 is 23.7 Å². The SMILES string of the molecule is C=CC(=O)OC(COc1cccc(OCOc2ccccc2-c2ccccc2)c1)COc1ccccc1-c1ccccc1. The standard InChI is InChI=1S/C37H32O6/c1-2-37(38)43-32(26-40-35-22-11-9-20-33(35)28-14-5-3-6-15-28)25-39-30-18-13-19-31(24-30)41-27-42-36-23-12-10-21-34(36)29-16-7-4-8-17-29/h2-24,32H,1,25-27H2. The van der Waals surface area contributed by atoms with Gasteiger partial charge in [-0.3, -0.25) is 0 Å². The molecule has 5 rings (SSSR count). The third-order valence-electron chi connectivity index (χ3n) is 6.50. The van der Waals surface area contributed by atoms with Crippen LogP contribution in [-0.4, -0.2) is 32.1 Å². The number of carbonyl (C=O) groups excluding carboxylic acids is 1. The first-order valence-electron chi connectivity index (χ1n) is 13.9. The average Bonchev–Trinajstić information content (AvgIpc) is 3.07. The summed E-state index contributed by atoms with van der Waals surface area (Å²) in [5, 5.41) is 0. The lowest BCUT2D eigenvalue weighted by Crippen LogP contribution is -2.30. The molecule has 0 aliphatic carbocycles. The molecule has 0 fully saturated rings. The molecule has 0 aliphatic rings. The van der Waals surface area contributed by atoms with E-state index in [9.17, 15) is 4.79 Å². The van der Waals surface area contributed by atoms with Crippen LogP contribution in [0.5, 0.6) is 23.0 Å². The van der Waals surface area contributed by atoms with Crippen molar-refractivity contribution in [2.24, 2.45) is 0 Å². The van der Waals surface area contributed by atoms with E-state index in [1.165, 1.54) is 0 Å². The van der Waals surface area contributed by atoms with Crippen LogP contribution in [0, 0.1) is 0 Å². The number of hydrogen-bond acceptors (Lipinski definition) is 6. The molecular formula is C37H32O6. The molecule has 0 radical (unpaired) electrons. The van der Waals surface area contributed by atoms with Crippen LogP contribution >= 0.6 is 0 Å². The third kappa shape index (κ3) is 8.27. The van der Waals surface area contributed by atoms with E-state index < -0.39 is 12.1 Å². The van der Waals surface area contributed by atoms with E-state index in [4.69, 9.17) is 23.7 Å². The van der Waals surface area contributed by atoms with Crippen LogP contribution in [0.25, 0.3) is 22.3 Å². The van der Waals surface area contributed by atoms with Crippen molar-refractivity contribution in [2.75, 3.05) is 20.0 Å². The minimum Gasteiger partial charge on any atom is -0.489 e. The van der Waals surface area contributed by atoms with Crippen LogP contribution in [-0.2, 0) is 9.53 Å². The number of hydrogen-bond donors (Lipinski definition) is 0. The van der Waals surface area contributed by atoms with Crippen molar-refractivity contribution in [2.45, 2.75) is 6.10 Å². The summed E-state index contributed by atoms with van der Waals surface area (Å²) in [7, 11) is 0. The lowest BCUT2D eigenvalue weighted by molar-refractivity contribution is -0.146. The summed E-state index contributed by atoms with van der Waals surface area (Å²) >= 11 is 0. The summed E-state index contributed by atoms with van der Waals surface area (Å²) in [5.74, 6) is 1.96. The van der Waals surface area contributed by atoms with Gasteiger partial charge in [-0.15, -0.1) is 0 Å². The van der Waals surface area contributed by atoms with Crippen LogP contribution in [0.3, 0.4) is 0 Å². The number of benzene rings is 5. The highest BCUT2D eigenvalue weighted by molar-refractivity contribution is 5.81. The zero-order valence-electron chi connectivity index (χ0n) is 23.6. The minimum atomic E-state index is -0.684. The Bertz CT molecular complexity index is 1620. The number of ether oxygens (including phenoxy) is 5. The van der Waals surface area contributed by atoms with Gasteiger partial charge in [0.15, 0.2) is 6.10 Å². The van der Waals surface area contributed by atoms with E-state index in [2.05, 4.69) is 6.58 Å². The molecule has 6 nitrogen and oxygen atoms in total. The molecule has 0 aliphatic heterocycles. The van der Waals surface area contributed by atoms with Crippen LogP contribution in [0.15, 0.2) is 146 Å². The van der Waals surface area contributed by atoms with E-state index in [1.807, 2.05) is 121 Å². The Hall–Kier alpha value is -5.49. The highest BCUT2D eigenvalue weighted by atomic mass is 16.7. The molecule has 5 aromatic rings. The van der Waals surface area contributed by atoms with E-state index >= 15 is 0 Å². The molecule has 0 saturated heterocycles. The van der Waals surface area contributed by atoms with E-state index in [1.54, 1.807) is 12.1 Å². The first-order chi connectivity index (χ1) is 21.2. The molecule has 1 atom stereocenters. The Kier molecular flexibility index (Phi) is 10.1. The molecule has 43 heavy (non-hydrogen) atoms. The number of para-hydroxylation sites is 2. The smallest absolute Gasteiger partial charge is 0.330 e. The molecular weight excluding hydrogens is 540 g/mol. The lowest BCUT2D eigenvalue weighted by Gasteiger charge is -2.20. The summed E-state index contributed by atoms with van der Waals surface area (Å²) in [5.41, 5.74) is 4.01. The summed E-state index contributed by atoms with van der Waals surface area (Å²) in [6, 6.07) is 42.7. The van der Waals surface area contributed by atoms with Gasteiger partial charge in [0.2, 0.25) is 6.79 Å². The first-order valence-corrected chi connectivity index (χ1v) is 13.9.